The van der Waals surface area contributed by atoms with Gasteiger partial charge in [-0.3, -0.25) is 9.59 Å². The second kappa shape index (κ2) is 23.2. The molecule has 2 atom stereocenters. The summed E-state index contributed by atoms with van der Waals surface area (Å²) in [4.78, 5) is 26.1. The van der Waals surface area contributed by atoms with E-state index in [1.807, 2.05) is 13.8 Å². The molecule has 0 aromatic carbocycles. The quantitative estimate of drug-likeness (QED) is 0.0812. The fourth-order valence-corrected chi connectivity index (χ4v) is 5.87. The maximum Gasteiger partial charge on any atom is 0.246 e. The first kappa shape index (κ1) is 42.9. The molecule has 2 N–H and O–H groups in total. The smallest absolute Gasteiger partial charge is 0.246 e. The van der Waals surface area contributed by atoms with E-state index >= 15 is 0 Å². The summed E-state index contributed by atoms with van der Waals surface area (Å²) in [5.74, 6) is 0.125. The average Bonchev–Trinajstić information content (AvgIpc) is 2.95. The fourth-order valence-electron chi connectivity index (χ4n) is 5.87. The first-order valence-electron chi connectivity index (χ1n) is 18.6. The summed E-state index contributed by atoms with van der Waals surface area (Å²) in [5, 5.41) is 6.41. The molecule has 0 spiro atoms. The molecule has 0 fully saturated rings. The van der Waals surface area contributed by atoms with Crippen LogP contribution < -0.4 is 10.6 Å². The van der Waals surface area contributed by atoms with Crippen molar-refractivity contribution in [3.8, 4) is 0 Å². The maximum atomic E-state index is 13.2. The molecule has 0 aliphatic rings. The van der Waals surface area contributed by atoms with E-state index in [4.69, 9.17) is 9.47 Å². The second-order valence-electron chi connectivity index (χ2n) is 15.3. The van der Waals surface area contributed by atoms with Gasteiger partial charge in [-0.05, 0) is 73.1 Å². The Hall–Kier alpha value is -1.14. The number of hydrogen-bond donors (Lipinski definition) is 2. The van der Waals surface area contributed by atoms with Gasteiger partial charge in [-0.25, -0.2) is 0 Å². The van der Waals surface area contributed by atoms with E-state index in [9.17, 15) is 9.59 Å². The predicted molar refractivity (Wildman–Crippen MR) is 188 cm³/mol. The maximum absolute atomic E-state index is 13.2. The lowest BCUT2D eigenvalue weighted by Crippen LogP contribution is -2.47. The van der Waals surface area contributed by atoms with Crippen LogP contribution in [0.1, 0.15) is 191 Å². The minimum absolute atomic E-state index is 0.0620. The van der Waals surface area contributed by atoms with Crippen molar-refractivity contribution in [2.45, 2.75) is 208 Å². The molecule has 0 heterocycles. The average molecular weight is 625 g/mol. The standard InChI is InChI=1S/C38H76N2O4/c1-11-15-19-22-25-37(9,24-18-14-4)34(42)39-30-28-36(7,8)43-31-29-35(5,6)40-33(41)32-44-38(10,26-21-17-13-3)27-23-20-16-12-2/h11-32H2,1-10H3,(H,39,42)(H,40,41). The third-order valence-electron chi connectivity index (χ3n) is 9.34. The molecule has 0 rings (SSSR count). The van der Waals surface area contributed by atoms with Crippen LogP contribution in [0.15, 0.2) is 0 Å². The van der Waals surface area contributed by atoms with Crippen molar-refractivity contribution in [2.75, 3.05) is 19.8 Å². The van der Waals surface area contributed by atoms with Crippen LogP contribution in [0.25, 0.3) is 0 Å². The molecule has 0 aromatic rings. The Morgan fingerprint density at radius 3 is 1.64 bits per heavy atom. The highest BCUT2D eigenvalue weighted by atomic mass is 16.5. The SMILES string of the molecule is CCCCCCC(C)(CCCCC)OCC(=O)NC(C)(C)CCOC(C)(C)CCNC(=O)C(C)(CCCC)CCCCCC. The largest absolute Gasteiger partial charge is 0.375 e. The van der Waals surface area contributed by atoms with Gasteiger partial charge in [-0.15, -0.1) is 0 Å². The van der Waals surface area contributed by atoms with E-state index in [1.165, 1.54) is 51.4 Å². The third-order valence-corrected chi connectivity index (χ3v) is 9.34. The number of carbonyl (C=O) groups is 2. The highest BCUT2D eigenvalue weighted by molar-refractivity contribution is 5.82. The molecular formula is C38H76N2O4. The summed E-state index contributed by atoms with van der Waals surface area (Å²) in [6, 6.07) is 0. The van der Waals surface area contributed by atoms with Crippen molar-refractivity contribution in [1.29, 1.82) is 0 Å². The lowest BCUT2D eigenvalue weighted by molar-refractivity contribution is -0.135. The van der Waals surface area contributed by atoms with Gasteiger partial charge in [0.15, 0.2) is 0 Å². The minimum Gasteiger partial charge on any atom is -0.375 e. The predicted octanol–water partition coefficient (Wildman–Crippen LogP) is 10.1. The zero-order valence-electron chi connectivity index (χ0n) is 31.2. The molecule has 0 aromatic heterocycles. The lowest BCUT2D eigenvalue weighted by Gasteiger charge is -2.33. The Balaban J connectivity index is 4.70. The van der Waals surface area contributed by atoms with Gasteiger partial charge in [-0.1, -0.05) is 118 Å². The third kappa shape index (κ3) is 20.8. The van der Waals surface area contributed by atoms with Gasteiger partial charge in [0.25, 0.3) is 0 Å². The van der Waals surface area contributed by atoms with E-state index in [1.54, 1.807) is 0 Å². The molecule has 6 heteroatoms. The van der Waals surface area contributed by atoms with Crippen LogP contribution in [-0.2, 0) is 19.1 Å². The van der Waals surface area contributed by atoms with Crippen LogP contribution in [0.2, 0.25) is 0 Å². The highest BCUT2D eigenvalue weighted by Gasteiger charge is 2.32. The van der Waals surface area contributed by atoms with E-state index < -0.39 is 5.54 Å². The second-order valence-corrected chi connectivity index (χ2v) is 15.3. The number of carbonyl (C=O) groups excluding carboxylic acids is 2. The normalized spacial score (nSPS) is 15.0. The van der Waals surface area contributed by atoms with Crippen LogP contribution in [0, 0.1) is 5.41 Å². The van der Waals surface area contributed by atoms with Gasteiger partial charge in [0, 0.05) is 24.1 Å². The molecule has 2 amide bonds. The van der Waals surface area contributed by atoms with Gasteiger partial charge in [-0.2, -0.15) is 0 Å². The number of hydrogen-bond acceptors (Lipinski definition) is 4. The molecule has 2 unspecified atom stereocenters. The molecule has 262 valence electrons. The summed E-state index contributed by atoms with van der Waals surface area (Å²) in [6.07, 6.45) is 20.7. The highest BCUT2D eigenvalue weighted by Crippen LogP contribution is 2.32. The van der Waals surface area contributed by atoms with E-state index in [0.29, 0.717) is 19.6 Å². The summed E-state index contributed by atoms with van der Waals surface area (Å²) in [6.45, 7) is 22.7. The van der Waals surface area contributed by atoms with Crippen LogP contribution in [0.3, 0.4) is 0 Å². The summed E-state index contributed by atoms with van der Waals surface area (Å²) in [7, 11) is 0. The van der Waals surface area contributed by atoms with E-state index in [0.717, 1.165) is 64.2 Å². The van der Waals surface area contributed by atoms with Gasteiger partial charge in [0.1, 0.15) is 6.61 Å². The first-order chi connectivity index (χ1) is 20.7. The van der Waals surface area contributed by atoms with Gasteiger partial charge in [0.05, 0.1) is 11.2 Å². The van der Waals surface area contributed by atoms with Crippen molar-refractivity contribution in [3.05, 3.63) is 0 Å². The molecule has 0 bridgehead atoms. The Morgan fingerprint density at radius 2 is 1.07 bits per heavy atom. The Morgan fingerprint density at radius 1 is 0.568 bits per heavy atom. The molecule has 44 heavy (non-hydrogen) atoms. The molecule has 0 aliphatic heterocycles. The van der Waals surface area contributed by atoms with Crippen LogP contribution in [-0.4, -0.2) is 48.3 Å². The minimum atomic E-state index is -0.399. The van der Waals surface area contributed by atoms with E-state index in [-0.39, 0.29) is 35.0 Å². The van der Waals surface area contributed by atoms with Crippen molar-refractivity contribution >= 4 is 11.8 Å². The molecule has 0 saturated carbocycles. The summed E-state index contributed by atoms with van der Waals surface area (Å²) >= 11 is 0. The van der Waals surface area contributed by atoms with Crippen molar-refractivity contribution in [2.24, 2.45) is 5.41 Å². The monoisotopic (exact) mass is 625 g/mol. The summed E-state index contributed by atoms with van der Waals surface area (Å²) in [5.41, 5.74) is -1.29. The number of ether oxygens (including phenoxy) is 2. The Bertz CT molecular complexity index is 753. The summed E-state index contributed by atoms with van der Waals surface area (Å²) < 4.78 is 12.6. The van der Waals surface area contributed by atoms with Crippen LogP contribution in [0.5, 0.6) is 0 Å². The Labute approximate surface area is 274 Å². The van der Waals surface area contributed by atoms with Crippen LogP contribution >= 0.6 is 0 Å². The first-order valence-corrected chi connectivity index (χ1v) is 18.6. The molecule has 0 saturated heterocycles. The number of unbranched alkanes of at least 4 members (excludes halogenated alkanes) is 9. The zero-order chi connectivity index (χ0) is 33.5. The van der Waals surface area contributed by atoms with Crippen molar-refractivity contribution < 1.29 is 19.1 Å². The Kier molecular flexibility index (Phi) is 22.6. The van der Waals surface area contributed by atoms with Gasteiger partial charge >= 0.3 is 0 Å². The fraction of sp³-hybridized carbons (Fsp3) is 0.947. The zero-order valence-corrected chi connectivity index (χ0v) is 31.2. The van der Waals surface area contributed by atoms with Crippen molar-refractivity contribution in [3.63, 3.8) is 0 Å². The number of nitrogens with one attached hydrogen (secondary N) is 2. The number of amides is 2. The molecule has 6 nitrogen and oxygen atoms in total. The topological polar surface area (TPSA) is 76.7 Å². The molecule has 0 aliphatic carbocycles. The van der Waals surface area contributed by atoms with Gasteiger partial charge < -0.3 is 20.1 Å². The van der Waals surface area contributed by atoms with E-state index in [2.05, 4.69) is 66.0 Å². The lowest BCUT2D eigenvalue weighted by atomic mass is 9.79. The molecule has 0 radical (unpaired) electrons. The van der Waals surface area contributed by atoms with Crippen LogP contribution in [0.4, 0.5) is 0 Å². The van der Waals surface area contributed by atoms with Crippen molar-refractivity contribution in [1.82, 2.24) is 10.6 Å². The molecular weight excluding hydrogens is 548 g/mol. The number of rotatable bonds is 29. The van der Waals surface area contributed by atoms with Gasteiger partial charge in [0.2, 0.25) is 11.8 Å².